The highest BCUT2D eigenvalue weighted by molar-refractivity contribution is 5.93. The lowest BCUT2D eigenvalue weighted by Crippen LogP contribution is -1.96. The van der Waals surface area contributed by atoms with Crippen molar-refractivity contribution in [2.24, 2.45) is 0 Å². The molecule has 156 valence electrons. The van der Waals surface area contributed by atoms with Gasteiger partial charge in [-0.2, -0.15) is 5.26 Å². The fraction of sp³-hybridized carbons (Fsp3) is 0.148. The zero-order chi connectivity index (χ0) is 22.6. The van der Waals surface area contributed by atoms with Crippen LogP contribution < -0.4 is 5.32 Å². The quantitative estimate of drug-likeness (QED) is 0.430. The third-order valence-electron chi connectivity index (χ3n) is 4.41. The van der Waals surface area contributed by atoms with E-state index in [2.05, 4.69) is 47.2 Å². The van der Waals surface area contributed by atoms with Crippen molar-refractivity contribution in [1.82, 2.24) is 15.3 Å². The molecule has 0 atom stereocenters. The monoisotopic (exact) mass is 408 g/mol. The van der Waals surface area contributed by atoms with Crippen LogP contribution in [0.15, 0.2) is 79.6 Å². The molecule has 0 unspecified atom stereocenters. The summed E-state index contributed by atoms with van der Waals surface area (Å²) >= 11 is 0. The zero-order valence-corrected chi connectivity index (χ0v) is 18.6. The van der Waals surface area contributed by atoms with Gasteiger partial charge in [0.2, 0.25) is 0 Å². The highest BCUT2D eigenvalue weighted by atomic mass is 14.7. The molecule has 2 aromatic heterocycles. The molecule has 31 heavy (non-hydrogen) atoms. The molecule has 0 bridgehead atoms. The maximum atomic E-state index is 9.73. The van der Waals surface area contributed by atoms with Gasteiger partial charge in [0.15, 0.2) is 0 Å². The maximum absolute atomic E-state index is 9.73. The van der Waals surface area contributed by atoms with Crippen molar-refractivity contribution in [3.8, 4) is 28.5 Å². The van der Waals surface area contributed by atoms with Gasteiger partial charge >= 0.3 is 0 Å². The second-order valence-corrected chi connectivity index (χ2v) is 6.40. The Bertz CT molecular complexity index is 1160. The molecule has 0 fully saturated rings. The second kappa shape index (κ2) is 12.0. The summed E-state index contributed by atoms with van der Waals surface area (Å²) < 4.78 is 0. The van der Waals surface area contributed by atoms with Crippen LogP contribution in [0.5, 0.6) is 0 Å². The molecule has 4 nitrogen and oxygen atoms in total. The summed E-state index contributed by atoms with van der Waals surface area (Å²) in [4.78, 5) is 8.86. The molecule has 4 aromatic rings. The first-order chi connectivity index (χ1) is 15.2. The Labute approximate surface area is 184 Å². The largest absolute Gasteiger partial charge is 0.323 e. The van der Waals surface area contributed by atoms with E-state index in [0.29, 0.717) is 11.3 Å². The number of benzene rings is 2. The molecule has 0 aliphatic carbocycles. The van der Waals surface area contributed by atoms with Crippen LogP contribution >= 0.6 is 0 Å². The predicted molar refractivity (Wildman–Crippen MR) is 132 cm³/mol. The Morgan fingerprint density at radius 2 is 1.48 bits per heavy atom. The summed E-state index contributed by atoms with van der Waals surface area (Å²) in [6, 6.07) is 22.5. The summed E-state index contributed by atoms with van der Waals surface area (Å²) in [7, 11) is 3.75. The molecule has 4 rings (SSSR count). The summed E-state index contributed by atoms with van der Waals surface area (Å²) in [5.41, 5.74) is 5.95. The average Bonchev–Trinajstić information content (AvgIpc) is 2.85. The minimum atomic E-state index is 0.521. The molecule has 4 heteroatoms. The Kier molecular flexibility index (Phi) is 9.10. The topological polar surface area (TPSA) is 61.6 Å². The number of nitriles is 1. The number of hydrogen-bond acceptors (Lipinski definition) is 4. The molecule has 2 heterocycles. The van der Waals surface area contributed by atoms with Crippen molar-refractivity contribution in [3.63, 3.8) is 0 Å². The molecule has 1 N–H and O–H groups in total. The first-order valence-corrected chi connectivity index (χ1v) is 10.3. The maximum Gasteiger partial charge on any atom is 0.102 e. The van der Waals surface area contributed by atoms with Crippen molar-refractivity contribution in [2.45, 2.75) is 13.8 Å². The van der Waals surface area contributed by atoms with Gasteiger partial charge < -0.3 is 5.32 Å². The average molecular weight is 409 g/mol. The van der Waals surface area contributed by atoms with Crippen LogP contribution in [0.4, 0.5) is 0 Å². The summed E-state index contributed by atoms with van der Waals surface area (Å²) in [6.45, 7) is 7.87. The molecule has 0 saturated heterocycles. The molecule has 0 radical (unpaired) electrons. The summed E-state index contributed by atoms with van der Waals surface area (Å²) in [6.07, 6.45) is 5.13. The number of aromatic nitrogens is 2. The van der Waals surface area contributed by atoms with E-state index < -0.39 is 0 Å². The summed E-state index contributed by atoms with van der Waals surface area (Å²) in [5, 5.41) is 13.3. The molecular formula is C27H28N4. The van der Waals surface area contributed by atoms with Gasteiger partial charge in [0, 0.05) is 28.9 Å². The zero-order valence-electron chi connectivity index (χ0n) is 18.6. The Morgan fingerprint density at radius 3 is 2.06 bits per heavy atom. The van der Waals surface area contributed by atoms with Crippen molar-refractivity contribution >= 4 is 17.0 Å². The molecule has 0 saturated carbocycles. The second-order valence-electron chi connectivity index (χ2n) is 6.40. The standard InChI is InChI=1S/C23H15N3.C2H7N.C2H6/c1-2-19-20(14-24)23(26-22-12-13-25-15-21(19)22)18-10-8-17(9-11-18)16-6-4-3-5-7-16;1-3-2;1-2/h2-13,15H,1H2;3H,1-2H3;1-2H3. The number of rotatable bonds is 3. The lowest BCUT2D eigenvalue weighted by atomic mass is 9.97. The summed E-state index contributed by atoms with van der Waals surface area (Å²) in [5.74, 6) is 0. The SMILES string of the molecule is C=Cc1c(C#N)c(-c2ccc(-c3ccccc3)cc2)nc2ccncc12.CC.CNC. The first-order valence-electron chi connectivity index (χ1n) is 10.3. The van der Waals surface area contributed by atoms with E-state index in [1.807, 2.05) is 64.3 Å². The molecule has 0 amide bonds. The fourth-order valence-corrected chi connectivity index (χ4v) is 3.12. The minimum Gasteiger partial charge on any atom is -0.323 e. The third kappa shape index (κ3) is 5.42. The van der Waals surface area contributed by atoms with Crippen molar-refractivity contribution in [3.05, 3.63) is 90.8 Å². The van der Waals surface area contributed by atoms with Crippen LogP contribution in [0.1, 0.15) is 25.0 Å². The van der Waals surface area contributed by atoms with Gasteiger partial charge in [-0.3, -0.25) is 4.98 Å². The molecule has 0 spiro atoms. The van der Waals surface area contributed by atoms with E-state index in [0.717, 1.165) is 33.2 Å². The van der Waals surface area contributed by atoms with Gasteiger partial charge in [-0.05, 0) is 31.3 Å². The van der Waals surface area contributed by atoms with E-state index in [1.165, 1.54) is 0 Å². The van der Waals surface area contributed by atoms with Crippen LogP contribution in [0.25, 0.3) is 39.4 Å². The third-order valence-corrected chi connectivity index (χ3v) is 4.41. The van der Waals surface area contributed by atoms with E-state index in [4.69, 9.17) is 4.98 Å². The molecular weight excluding hydrogens is 380 g/mol. The van der Waals surface area contributed by atoms with Crippen LogP contribution in [-0.4, -0.2) is 24.1 Å². The van der Waals surface area contributed by atoms with Gasteiger partial charge in [-0.15, -0.1) is 0 Å². The number of pyridine rings is 2. The van der Waals surface area contributed by atoms with Gasteiger partial charge in [-0.25, -0.2) is 4.98 Å². The van der Waals surface area contributed by atoms with E-state index in [-0.39, 0.29) is 0 Å². The van der Waals surface area contributed by atoms with Crippen LogP contribution in [0, 0.1) is 11.3 Å². The highest BCUT2D eigenvalue weighted by Crippen LogP contribution is 2.31. The Morgan fingerprint density at radius 1 is 0.903 bits per heavy atom. The van der Waals surface area contributed by atoms with Gasteiger partial charge in [0.25, 0.3) is 0 Å². The van der Waals surface area contributed by atoms with E-state index in [1.54, 1.807) is 18.5 Å². The van der Waals surface area contributed by atoms with E-state index in [9.17, 15) is 5.26 Å². The normalized spacial score (nSPS) is 9.52. The van der Waals surface area contributed by atoms with Gasteiger partial charge in [0.05, 0.1) is 16.8 Å². The smallest absolute Gasteiger partial charge is 0.102 e. The predicted octanol–water partition coefficient (Wildman–Crippen LogP) is 6.34. The first kappa shape index (κ1) is 23.5. The lowest BCUT2D eigenvalue weighted by molar-refractivity contribution is 1.02. The van der Waals surface area contributed by atoms with Crippen molar-refractivity contribution in [1.29, 1.82) is 5.26 Å². The molecule has 0 aliphatic heterocycles. The van der Waals surface area contributed by atoms with Gasteiger partial charge in [0.1, 0.15) is 6.07 Å². The number of hydrogen-bond donors (Lipinski definition) is 1. The lowest BCUT2D eigenvalue weighted by Gasteiger charge is -2.11. The number of nitrogens with zero attached hydrogens (tertiary/aromatic N) is 3. The van der Waals surface area contributed by atoms with Crippen molar-refractivity contribution < 1.29 is 0 Å². The number of fused-ring (bicyclic) bond motifs is 1. The molecule has 2 aromatic carbocycles. The highest BCUT2D eigenvalue weighted by Gasteiger charge is 2.14. The Balaban J connectivity index is 0.000000630. The number of nitrogens with one attached hydrogen (secondary N) is 1. The Hall–Kier alpha value is -3.81. The van der Waals surface area contributed by atoms with Crippen LogP contribution in [0.3, 0.4) is 0 Å². The minimum absolute atomic E-state index is 0.521. The fourth-order valence-electron chi connectivity index (χ4n) is 3.12. The molecule has 0 aliphatic rings. The van der Waals surface area contributed by atoms with Crippen molar-refractivity contribution in [2.75, 3.05) is 14.1 Å². The van der Waals surface area contributed by atoms with Crippen LogP contribution in [-0.2, 0) is 0 Å². The van der Waals surface area contributed by atoms with E-state index >= 15 is 0 Å². The van der Waals surface area contributed by atoms with Gasteiger partial charge in [-0.1, -0.05) is 81.1 Å². The van der Waals surface area contributed by atoms with Crippen LogP contribution in [0.2, 0.25) is 0 Å².